The zero-order valence-electron chi connectivity index (χ0n) is 16.7. The normalized spacial score (nSPS) is 11.3. The van der Waals surface area contributed by atoms with E-state index in [9.17, 15) is 9.59 Å². The summed E-state index contributed by atoms with van der Waals surface area (Å²) in [6.45, 7) is 8.10. The summed E-state index contributed by atoms with van der Waals surface area (Å²) in [7, 11) is 1.73. The molecule has 0 atom stereocenters. The molecule has 0 bridgehead atoms. The Morgan fingerprint density at radius 1 is 1.19 bits per heavy atom. The summed E-state index contributed by atoms with van der Waals surface area (Å²) < 4.78 is 5.16. The highest BCUT2D eigenvalue weighted by Gasteiger charge is 2.16. The Morgan fingerprint density at radius 2 is 1.89 bits per heavy atom. The van der Waals surface area contributed by atoms with E-state index in [0.29, 0.717) is 31.8 Å². The summed E-state index contributed by atoms with van der Waals surface area (Å²) >= 11 is 0. The van der Waals surface area contributed by atoms with Crippen LogP contribution in [0.15, 0.2) is 24.3 Å². The Kier molecular flexibility index (Phi) is 6.71. The van der Waals surface area contributed by atoms with Gasteiger partial charge in [0, 0.05) is 31.1 Å². The average Bonchev–Trinajstić information content (AvgIpc) is 2.57. The molecule has 0 radical (unpaired) electrons. The van der Waals surface area contributed by atoms with Crippen molar-refractivity contribution in [2.45, 2.75) is 52.7 Å². The zero-order chi connectivity index (χ0) is 20.0. The number of hydrogen-bond acceptors (Lipinski definition) is 5. The zero-order valence-corrected chi connectivity index (χ0v) is 16.7. The van der Waals surface area contributed by atoms with Gasteiger partial charge in [-0.3, -0.25) is 4.79 Å². The quantitative estimate of drug-likeness (QED) is 0.787. The number of carbonyl (C=O) groups excluding carboxylic acids is 2. The first-order valence-electron chi connectivity index (χ1n) is 9.09. The molecule has 27 heavy (non-hydrogen) atoms. The Hall–Kier alpha value is -2.70. The molecule has 1 aromatic heterocycles. The molecule has 0 aliphatic rings. The number of benzene rings is 1. The molecule has 1 N–H and O–H groups in total. The lowest BCUT2D eigenvalue weighted by atomic mass is 10.2. The van der Waals surface area contributed by atoms with Crippen LogP contribution in [0.3, 0.4) is 0 Å². The number of amides is 2. The third-order valence-electron chi connectivity index (χ3n) is 3.88. The van der Waals surface area contributed by atoms with Crippen molar-refractivity contribution in [3.05, 3.63) is 35.8 Å². The van der Waals surface area contributed by atoms with Crippen LogP contribution in [-0.4, -0.2) is 46.1 Å². The van der Waals surface area contributed by atoms with Crippen molar-refractivity contribution in [1.82, 2.24) is 20.2 Å². The van der Waals surface area contributed by atoms with E-state index in [-0.39, 0.29) is 5.91 Å². The minimum Gasteiger partial charge on any atom is -0.444 e. The fourth-order valence-electron chi connectivity index (χ4n) is 2.60. The number of nitrogens with one attached hydrogen (secondary N) is 1. The van der Waals surface area contributed by atoms with Gasteiger partial charge in [0.2, 0.25) is 5.91 Å². The van der Waals surface area contributed by atoms with Crippen LogP contribution in [0.25, 0.3) is 10.9 Å². The number of alkyl carbamates (subject to hydrolysis) is 1. The van der Waals surface area contributed by atoms with Gasteiger partial charge in [-0.1, -0.05) is 18.2 Å². The van der Waals surface area contributed by atoms with Crippen molar-refractivity contribution in [2.24, 2.45) is 0 Å². The van der Waals surface area contributed by atoms with Crippen LogP contribution in [0.1, 0.15) is 45.1 Å². The van der Waals surface area contributed by atoms with Crippen molar-refractivity contribution in [1.29, 1.82) is 0 Å². The maximum atomic E-state index is 12.3. The van der Waals surface area contributed by atoms with E-state index in [2.05, 4.69) is 15.3 Å². The van der Waals surface area contributed by atoms with Crippen molar-refractivity contribution in [2.75, 3.05) is 13.6 Å². The molecule has 0 saturated carbocycles. The molecule has 146 valence electrons. The first kappa shape index (κ1) is 20.6. The van der Waals surface area contributed by atoms with Gasteiger partial charge in [0.15, 0.2) is 0 Å². The molecule has 2 aromatic rings. The van der Waals surface area contributed by atoms with Gasteiger partial charge >= 0.3 is 6.09 Å². The molecular weight excluding hydrogens is 344 g/mol. The number of aromatic nitrogens is 2. The largest absolute Gasteiger partial charge is 0.444 e. The van der Waals surface area contributed by atoms with Gasteiger partial charge < -0.3 is 15.0 Å². The first-order chi connectivity index (χ1) is 12.7. The van der Waals surface area contributed by atoms with E-state index in [1.54, 1.807) is 11.9 Å². The summed E-state index contributed by atoms with van der Waals surface area (Å²) in [5, 5.41) is 3.67. The molecular formula is C20H28N4O3. The minimum atomic E-state index is -0.530. The van der Waals surface area contributed by atoms with Crippen LogP contribution in [0.5, 0.6) is 0 Å². The number of carbonyl (C=O) groups is 2. The predicted octanol–water partition coefficient (Wildman–Crippen LogP) is 3.20. The lowest BCUT2D eigenvalue weighted by Crippen LogP contribution is -2.33. The maximum absolute atomic E-state index is 12.3. The molecule has 0 fully saturated rings. The summed E-state index contributed by atoms with van der Waals surface area (Å²) in [5.74, 6) is 0.601. The molecule has 7 heteroatoms. The molecule has 0 spiro atoms. The van der Waals surface area contributed by atoms with Crippen LogP contribution in [0.2, 0.25) is 0 Å². The van der Waals surface area contributed by atoms with Crippen LogP contribution in [0, 0.1) is 6.92 Å². The second kappa shape index (κ2) is 8.79. The average molecular weight is 372 g/mol. The summed E-state index contributed by atoms with van der Waals surface area (Å²) in [6, 6.07) is 7.82. The number of para-hydroxylation sites is 1. The summed E-state index contributed by atoms with van der Waals surface area (Å²) in [5.41, 5.74) is 1.25. The lowest BCUT2D eigenvalue weighted by molar-refractivity contribution is -0.130. The fraction of sp³-hybridized carbons (Fsp3) is 0.500. The highest BCUT2D eigenvalue weighted by atomic mass is 16.6. The Labute approximate surface area is 160 Å². The number of ether oxygens (including phenoxy) is 1. The van der Waals surface area contributed by atoms with Crippen molar-refractivity contribution >= 4 is 22.9 Å². The third-order valence-corrected chi connectivity index (χ3v) is 3.88. The molecule has 0 saturated heterocycles. The van der Waals surface area contributed by atoms with E-state index in [4.69, 9.17) is 4.74 Å². The number of fused-ring (bicyclic) bond motifs is 1. The van der Waals surface area contributed by atoms with E-state index in [0.717, 1.165) is 16.6 Å². The van der Waals surface area contributed by atoms with Gasteiger partial charge in [-0.05, 0) is 40.2 Å². The molecule has 0 aliphatic carbocycles. The maximum Gasteiger partial charge on any atom is 0.407 e. The molecule has 0 aliphatic heterocycles. The monoisotopic (exact) mass is 372 g/mol. The van der Waals surface area contributed by atoms with Crippen molar-refractivity contribution < 1.29 is 14.3 Å². The Bertz CT molecular complexity index is 814. The van der Waals surface area contributed by atoms with Crippen LogP contribution >= 0.6 is 0 Å². The first-order valence-corrected chi connectivity index (χ1v) is 9.09. The summed E-state index contributed by atoms with van der Waals surface area (Å²) in [6.07, 6.45) is 0.405. The van der Waals surface area contributed by atoms with Crippen LogP contribution in [-0.2, 0) is 16.1 Å². The predicted molar refractivity (Wildman–Crippen MR) is 104 cm³/mol. The smallest absolute Gasteiger partial charge is 0.407 e. The van der Waals surface area contributed by atoms with Gasteiger partial charge in [0.05, 0.1) is 12.1 Å². The topological polar surface area (TPSA) is 84.4 Å². The van der Waals surface area contributed by atoms with Crippen LogP contribution in [0.4, 0.5) is 4.79 Å². The second-order valence-electron chi connectivity index (χ2n) is 7.52. The molecule has 0 unspecified atom stereocenters. The van der Waals surface area contributed by atoms with Gasteiger partial charge in [0.25, 0.3) is 0 Å². The fourth-order valence-corrected chi connectivity index (χ4v) is 2.60. The standard InChI is InChI=1S/C20H28N4O3/c1-14-15-9-6-7-10-16(15)23-17(22-14)13-24(5)18(25)11-8-12-21-19(26)27-20(2,3)4/h6-7,9-10H,8,11-13H2,1-5H3,(H,21,26). The second-order valence-corrected chi connectivity index (χ2v) is 7.52. The van der Waals surface area contributed by atoms with Gasteiger partial charge in [-0.2, -0.15) is 0 Å². The SMILES string of the molecule is Cc1nc(CN(C)C(=O)CCCNC(=O)OC(C)(C)C)nc2ccccc12. The summed E-state index contributed by atoms with van der Waals surface area (Å²) in [4.78, 5) is 34.5. The van der Waals surface area contributed by atoms with Gasteiger partial charge in [-0.25, -0.2) is 14.8 Å². The van der Waals surface area contributed by atoms with E-state index in [1.165, 1.54) is 0 Å². The van der Waals surface area contributed by atoms with Gasteiger partial charge in [-0.15, -0.1) is 0 Å². The van der Waals surface area contributed by atoms with Gasteiger partial charge in [0.1, 0.15) is 11.4 Å². The van der Waals surface area contributed by atoms with Crippen LogP contribution < -0.4 is 5.32 Å². The Morgan fingerprint density at radius 3 is 2.59 bits per heavy atom. The number of nitrogens with zero attached hydrogens (tertiary/aromatic N) is 3. The highest BCUT2D eigenvalue weighted by Crippen LogP contribution is 2.15. The molecule has 7 nitrogen and oxygen atoms in total. The van der Waals surface area contributed by atoms with Crippen molar-refractivity contribution in [3.63, 3.8) is 0 Å². The molecule has 1 heterocycles. The lowest BCUT2D eigenvalue weighted by Gasteiger charge is -2.20. The third kappa shape index (κ3) is 6.51. The molecule has 2 amide bonds. The van der Waals surface area contributed by atoms with E-state index >= 15 is 0 Å². The number of rotatable bonds is 6. The highest BCUT2D eigenvalue weighted by molar-refractivity contribution is 5.80. The number of hydrogen-bond donors (Lipinski definition) is 1. The number of aryl methyl sites for hydroxylation is 1. The van der Waals surface area contributed by atoms with E-state index in [1.807, 2.05) is 52.0 Å². The minimum absolute atomic E-state index is 0.0181. The van der Waals surface area contributed by atoms with Crippen molar-refractivity contribution in [3.8, 4) is 0 Å². The Balaban J connectivity index is 1.81. The molecule has 2 rings (SSSR count). The molecule has 1 aromatic carbocycles. The van der Waals surface area contributed by atoms with E-state index < -0.39 is 11.7 Å².